The number of hydrogen-bond acceptors (Lipinski definition) is 5. The number of carbonyl (C=O) groups excluding carboxylic acids is 2. The minimum absolute atomic E-state index is 0.0121. The predicted molar refractivity (Wildman–Crippen MR) is 73.7 cm³/mol. The van der Waals surface area contributed by atoms with Crippen molar-refractivity contribution < 1.29 is 14.0 Å². The minimum atomic E-state index is -0.653. The summed E-state index contributed by atoms with van der Waals surface area (Å²) >= 11 is 0. The number of nitrogens with two attached hydrogens (primary N) is 1. The van der Waals surface area contributed by atoms with E-state index in [-0.39, 0.29) is 11.2 Å². The van der Waals surface area contributed by atoms with Crippen molar-refractivity contribution >= 4 is 17.3 Å². The lowest BCUT2D eigenvalue weighted by molar-refractivity contribution is 0.0797. The average molecular weight is 270 g/mol. The monoisotopic (exact) mass is 270 g/mol. The molecule has 0 saturated heterocycles. The van der Waals surface area contributed by atoms with Gasteiger partial charge in [0.25, 0.3) is 5.78 Å². The third kappa shape index (κ3) is 1.66. The molecule has 1 aliphatic carbocycles. The summed E-state index contributed by atoms with van der Waals surface area (Å²) < 4.78 is 5.53. The molecule has 5 heteroatoms. The van der Waals surface area contributed by atoms with Crippen LogP contribution in [0.15, 0.2) is 22.6 Å². The van der Waals surface area contributed by atoms with Crippen molar-refractivity contribution in [2.24, 2.45) is 0 Å². The van der Waals surface area contributed by atoms with Crippen LogP contribution in [-0.2, 0) is 5.41 Å². The number of fused-ring (bicyclic) bond motifs is 3. The van der Waals surface area contributed by atoms with Crippen molar-refractivity contribution in [3.8, 4) is 11.3 Å². The summed E-state index contributed by atoms with van der Waals surface area (Å²) in [6.45, 7) is 5.78. The first kappa shape index (κ1) is 12.6. The summed E-state index contributed by atoms with van der Waals surface area (Å²) in [5.41, 5.74) is 7.21. The quantitative estimate of drug-likeness (QED) is 0.587. The standard InChI is InChI=1S/C15H14N2O3/c1-15(2,3)14-17-10-9-6-7(16)4-5-8(9)11(18)12(19)13(10)20-14/h4-6H,16H2,1-3H3. The predicted octanol–water partition coefficient (Wildman–Crippen LogP) is 2.60. The van der Waals surface area contributed by atoms with Gasteiger partial charge in [-0.2, -0.15) is 0 Å². The number of aromatic nitrogens is 1. The molecule has 0 radical (unpaired) electrons. The molecule has 1 aromatic heterocycles. The van der Waals surface area contributed by atoms with Crippen LogP contribution in [0.5, 0.6) is 0 Å². The van der Waals surface area contributed by atoms with E-state index in [0.717, 1.165) is 0 Å². The molecule has 102 valence electrons. The highest BCUT2D eigenvalue weighted by molar-refractivity contribution is 6.52. The van der Waals surface area contributed by atoms with Crippen molar-refractivity contribution in [1.29, 1.82) is 0 Å². The second kappa shape index (κ2) is 3.79. The second-order valence-electron chi connectivity index (χ2n) is 5.91. The van der Waals surface area contributed by atoms with E-state index in [2.05, 4.69) is 4.98 Å². The molecular formula is C15H14N2O3. The van der Waals surface area contributed by atoms with Gasteiger partial charge in [-0.25, -0.2) is 4.98 Å². The lowest BCUT2D eigenvalue weighted by atomic mass is 9.90. The third-order valence-corrected chi connectivity index (χ3v) is 3.22. The van der Waals surface area contributed by atoms with Gasteiger partial charge in [0, 0.05) is 22.2 Å². The molecular weight excluding hydrogens is 256 g/mol. The summed E-state index contributed by atoms with van der Waals surface area (Å²) in [5.74, 6) is -0.790. The molecule has 5 nitrogen and oxygen atoms in total. The SMILES string of the molecule is CC(C)(C)c1nc2c(o1)C(=O)C(=O)c1ccc(N)cc1-2. The van der Waals surface area contributed by atoms with Gasteiger partial charge in [-0.15, -0.1) is 0 Å². The highest BCUT2D eigenvalue weighted by Gasteiger charge is 2.37. The Morgan fingerprint density at radius 3 is 2.45 bits per heavy atom. The summed E-state index contributed by atoms with van der Waals surface area (Å²) in [7, 11) is 0. The van der Waals surface area contributed by atoms with E-state index in [1.54, 1.807) is 18.2 Å². The molecule has 1 aliphatic rings. The van der Waals surface area contributed by atoms with Crippen LogP contribution in [-0.4, -0.2) is 16.6 Å². The van der Waals surface area contributed by atoms with Crippen LogP contribution in [0, 0.1) is 0 Å². The molecule has 1 heterocycles. The summed E-state index contributed by atoms with van der Waals surface area (Å²) in [6, 6.07) is 4.80. The molecule has 0 aliphatic heterocycles. The van der Waals surface area contributed by atoms with Crippen molar-refractivity contribution in [3.05, 3.63) is 35.4 Å². The first-order chi connectivity index (χ1) is 9.29. The van der Waals surface area contributed by atoms with E-state index in [4.69, 9.17) is 10.2 Å². The zero-order chi connectivity index (χ0) is 14.7. The van der Waals surface area contributed by atoms with Crippen molar-refractivity contribution in [3.63, 3.8) is 0 Å². The Morgan fingerprint density at radius 2 is 1.80 bits per heavy atom. The van der Waals surface area contributed by atoms with E-state index >= 15 is 0 Å². The molecule has 3 rings (SSSR count). The van der Waals surface area contributed by atoms with Gasteiger partial charge in [0.1, 0.15) is 5.69 Å². The van der Waals surface area contributed by atoms with Gasteiger partial charge in [0.05, 0.1) is 0 Å². The van der Waals surface area contributed by atoms with Gasteiger partial charge in [0.2, 0.25) is 17.4 Å². The molecule has 0 bridgehead atoms. The smallest absolute Gasteiger partial charge is 0.271 e. The van der Waals surface area contributed by atoms with Gasteiger partial charge in [-0.3, -0.25) is 9.59 Å². The fourth-order valence-electron chi connectivity index (χ4n) is 2.16. The molecule has 0 unspecified atom stereocenters. The van der Waals surface area contributed by atoms with Gasteiger partial charge < -0.3 is 10.2 Å². The molecule has 0 atom stereocenters. The minimum Gasteiger partial charge on any atom is -0.436 e. The Bertz CT molecular complexity index is 751. The Labute approximate surface area is 115 Å². The normalized spacial score (nSPS) is 14.2. The fourth-order valence-corrected chi connectivity index (χ4v) is 2.16. The number of Topliss-reactive ketones (excluding diaryl/α,β-unsaturated/α-hetero) is 2. The third-order valence-electron chi connectivity index (χ3n) is 3.22. The van der Waals surface area contributed by atoms with E-state index < -0.39 is 11.6 Å². The summed E-state index contributed by atoms with van der Waals surface area (Å²) in [6.07, 6.45) is 0. The number of ketones is 2. The van der Waals surface area contributed by atoms with Crippen LogP contribution < -0.4 is 5.73 Å². The molecule has 0 spiro atoms. The largest absolute Gasteiger partial charge is 0.436 e. The van der Waals surface area contributed by atoms with E-state index in [1.807, 2.05) is 20.8 Å². The average Bonchev–Trinajstić information content (AvgIpc) is 2.81. The number of rotatable bonds is 0. The maximum Gasteiger partial charge on any atom is 0.271 e. The van der Waals surface area contributed by atoms with Crippen LogP contribution in [0.1, 0.15) is 47.6 Å². The molecule has 0 amide bonds. The Hall–Kier alpha value is -2.43. The highest BCUT2D eigenvalue weighted by atomic mass is 16.4. The van der Waals surface area contributed by atoms with Crippen molar-refractivity contribution in [1.82, 2.24) is 4.98 Å². The van der Waals surface area contributed by atoms with Gasteiger partial charge in [0.15, 0.2) is 0 Å². The summed E-state index contributed by atoms with van der Waals surface area (Å²) in [5, 5.41) is 0. The zero-order valence-electron chi connectivity index (χ0n) is 11.5. The Morgan fingerprint density at radius 1 is 1.10 bits per heavy atom. The van der Waals surface area contributed by atoms with E-state index in [1.165, 1.54) is 0 Å². The second-order valence-corrected chi connectivity index (χ2v) is 5.91. The lowest BCUT2D eigenvalue weighted by Crippen LogP contribution is -2.20. The Balaban J connectivity index is 2.32. The fraction of sp³-hybridized carbons (Fsp3) is 0.267. The highest BCUT2D eigenvalue weighted by Crippen LogP contribution is 2.37. The number of nitrogen functional groups attached to an aromatic ring is 1. The molecule has 2 aromatic rings. The van der Waals surface area contributed by atoms with Crippen molar-refractivity contribution in [2.75, 3.05) is 5.73 Å². The molecule has 0 fully saturated rings. The van der Waals surface area contributed by atoms with Crippen molar-refractivity contribution in [2.45, 2.75) is 26.2 Å². The first-order valence-electron chi connectivity index (χ1n) is 6.29. The number of hydrogen-bond donors (Lipinski definition) is 1. The maximum atomic E-state index is 12.1. The number of benzene rings is 1. The molecule has 1 aromatic carbocycles. The molecule has 20 heavy (non-hydrogen) atoms. The number of carbonyl (C=O) groups is 2. The lowest BCUT2D eigenvalue weighted by Gasteiger charge is -2.12. The number of oxazole rings is 1. The van der Waals surface area contributed by atoms with Crippen LogP contribution in [0.3, 0.4) is 0 Å². The topological polar surface area (TPSA) is 86.2 Å². The number of nitrogens with zero attached hydrogens (tertiary/aromatic N) is 1. The number of anilines is 1. The molecule has 2 N–H and O–H groups in total. The summed E-state index contributed by atoms with van der Waals surface area (Å²) in [4.78, 5) is 28.6. The zero-order valence-corrected chi connectivity index (χ0v) is 11.5. The van der Waals surface area contributed by atoms with E-state index in [0.29, 0.717) is 28.4 Å². The van der Waals surface area contributed by atoms with E-state index in [9.17, 15) is 9.59 Å². The maximum absolute atomic E-state index is 12.1. The van der Waals surface area contributed by atoms with Gasteiger partial charge in [-0.05, 0) is 18.2 Å². The van der Waals surface area contributed by atoms with Gasteiger partial charge in [-0.1, -0.05) is 20.8 Å². The molecule has 0 saturated carbocycles. The van der Waals surface area contributed by atoms with Crippen LogP contribution in [0.25, 0.3) is 11.3 Å². The Kier molecular flexibility index (Phi) is 2.38. The van der Waals surface area contributed by atoms with Crippen LogP contribution >= 0.6 is 0 Å². The van der Waals surface area contributed by atoms with Crippen LogP contribution in [0.2, 0.25) is 0 Å². The van der Waals surface area contributed by atoms with Gasteiger partial charge >= 0.3 is 0 Å². The first-order valence-corrected chi connectivity index (χ1v) is 6.29. The van der Waals surface area contributed by atoms with Crippen LogP contribution in [0.4, 0.5) is 5.69 Å².